The van der Waals surface area contributed by atoms with Crippen molar-refractivity contribution in [1.29, 1.82) is 0 Å². The van der Waals surface area contributed by atoms with Crippen LogP contribution in [0.15, 0.2) is 18.2 Å². The van der Waals surface area contributed by atoms with Crippen LogP contribution in [0.5, 0.6) is 0 Å². The van der Waals surface area contributed by atoms with Crippen LogP contribution in [-0.2, 0) is 15.7 Å². The smallest absolute Gasteiger partial charge is 0.416 e. The fourth-order valence-corrected chi connectivity index (χ4v) is 3.66. The molecule has 1 N–H and O–H groups in total. The monoisotopic (exact) mass is 430 g/mol. The second-order valence-electron chi connectivity index (χ2n) is 8.89. The zero-order valence-corrected chi connectivity index (χ0v) is 17.2. The van der Waals surface area contributed by atoms with Crippen molar-refractivity contribution < 1.29 is 31.9 Å². The number of ether oxygens (including phenoxy) is 1. The largest absolute Gasteiger partial charge is 0.444 e. The van der Waals surface area contributed by atoms with Crippen molar-refractivity contribution in [3.05, 3.63) is 35.1 Å². The van der Waals surface area contributed by atoms with E-state index in [0.717, 1.165) is 25.0 Å². The van der Waals surface area contributed by atoms with Crippen LogP contribution in [0.4, 0.5) is 22.4 Å². The number of halogens is 4. The molecule has 1 heterocycles. The first-order valence-electron chi connectivity index (χ1n) is 10.0. The van der Waals surface area contributed by atoms with Gasteiger partial charge >= 0.3 is 12.3 Å². The summed E-state index contributed by atoms with van der Waals surface area (Å²) in [6, 6.07) is 0.878. The van der Waals surface area contributed by atoms with Gasteiger partial charge in [0.15, 0.2) is 0 Å². The van der Waals surface area contributed by atoms with Gasteiger partial charge in [0.25, 0.3) is 0 Å². The highest BCUT2D eigenvalue weighted by Crippen LogP contribution is 2.43. The van der Waals surface area contributed by atoms with Crippen LogP contribution in [0.3, 0.4) is 0 Å². The zero-order valence-electron chi connectivity index (χ0n) is 17.2. The van der Waals surface area contributed by atoms with E-state index in [9.17, 15) is 27.2 Å². The van der Waals surface area contributed by atoms with E-state index < -0.39 is 47.2 Å². The highest BCUT2D eigenvalue weighted by Gasteiger charge is 2.41. The maximum Gasteiger partial charge on any atom is 0.416 e. The van der Waals surface area contributed by atoms with Crippen molar-refractivity contribution >= 4 is 12.0 Å². The molecule has 1 aromatic rings. The first-order chi connectivity index (χ1) is 13.9. The van der Waals surface area contributed by atoms with E-state index >= 15 is 0 Å². The summed E-state index contributed by atoms with van der Waals surface area (Å²) in [5, 5.41) is 2.77. The lowest BCUT2D eigenvalue weighted by Crippen LogP contribution is -2.48. The average molecular weight is 430 g/mol. The number of nitrogens with zero attached hydrogens (tertiary/aromatic N) is 1. The van der Waals surface area contributed by atoms with Crippen molar-refractivity contribution in [3.63, 3.8) is 0 Å². The van der Waals surface area contributed by atoms with E-state index in [1.165, 1.54) is 4.90 Å². The molecule has 0 radical (unpaired) electrons. The molecule has 9 heteroatoms. The Kier molecular flexibility index (Phi) is 6.02. The molecule has 3 rings (SSSR count). The van der Waals surface area contributed by atoms with Gasteiger partial charge in [0, 0.05) is 12.1 Å². The lowest BCUT2D eigenvalue weighted by Gasteiger charge is -2.29. The lowest BCUT2D eigenvalue weighted by atomic mass is 9.99. The Hall–Kier alpha value is -2.32. The van der Waals surface area contributed by atoms with Gasteiger partial charge in [-0.1, -0.05) is 6.07 Å². The minimum atomic E-state index is -4.64. The number of hydrogen-bond donors (Lipinski definition) is 1. The third-order valence-electron chi connectivity index (χ3n) is 5.24. The normalized spacial score (nSPS) is 20.8. The number of carbonyl (C=O) groups excluding carboxylic acids is 2. The topological polar surface area (TPSA) is 58.6 Å². The summed E-state index contributed by atoms with van der Waals surface area (Å²) in [7, 11) is 0. The summed E-state index contributed by atoms with van der Waals surface area (Å²) in [6.45, 7) is 5.56. The third-order valence-corrected chi connectivity index (χ3v) is 5.24. The molecule has 5 nitrogen and oxygen atoms in total. The van der Waals surface area contributed by atoms with Gasteiger partial charge in [0.05, 0.1) is 11.6 Å². The Morgan fingerprint density at radius 3 is 2.37 bits per heavy atom. The van der Waals surface area contributed by atoms with Crippen molar-refractivity contribution in [3.8, 4) is 0 Å². The highest BCUT2D eigenvalue weighted by molar-refractivity contribution is 5.86. The van der Waals surface area contributed by atoms with Crippen LogP contribution in [-0.4, -0.2) is 35.1 Å². The molecule has 0 bridgehead atoms. The first kappa shape index (κ1) is 22.4. The van der Waals surface area contributed by atoms with Crippen LogP contribution in [0.2, 0.25) is 0 Å². The van der Waals surface area contributed by atoms with Crippen LogP contribution in [0.1, 0.15) is 63.6 Å². The number of likely N-dealkylation sites (tertiary alicyclic amines) is 1. The molecule has 1 aromatic carbocycles. The van der Waals surface area contributed by atoms with Crippen LogP contribution in [0, 0.1) is 11.7 Å². The number of rotatable bonds is 4. The average Bonchev–Trinajstić information content (AvgIpc) is 3.32. The number of benzene rings is 1. The fraction of sp³-hybridized carbons (Fsp3) is 0.619. The predicted molar refractivity (Wildman–Crippen MR) is 101 cm³/mol. The third kappa shape index (κ3) is 5.23. The molecule has 1 unspecified atom stereocenters. The molecule has 1 saturated carbocycles. The Morgan fingerprint density at radius 2 is 1.83 bits per heavy atom. The Labute approximate surface area is 172 Å². The first-order valence-corrected chi connectivity index (χ1v) is 10.0. The number of hydrogen-bond acceptors (Lipinski definition) is 3. The van der Waals surface area contributed by atoms with Gasteiger partial charge in [-0.25, -0.2) is 9.18 Å². The van der Waals surface area contributed by atoms with Crippen LogP contribution < -0.4 is 5.32 Å². The molecule has 1 saturated heterocycles. The van der Waals surface area contributed by atoms with Crippen molar-refractivity contribution in [2.24, 2.45) is 5.92 Å². The van der Waals surface area contributed by atoms with Crippen molar-refractivity contribution in [2.75, 3.05) is 6.54 Å². The van der Waals surface area contributed by atoms with E-state index in [1.807, 2.05) is 0 Å². The van der Waals surface area contributed by atoms with E-state index in [4.69, 9.17) is 4.74 Å². The molecule has 2 fully saturated rings. The van der Waals surface area contributed by atoms with Gasteiger partial charge in [0.2, 0.25) is 5.91 Å². The summed E-state index contributed by atoms with van der Waals surface area (Å²) in [6.07, 6.45) is -2.69. The minimum Gasteiger partial charge on any atom is -0.444 e. The molecule has 2 amide bonds. The Balaban J connectivity index is 1.76. The maximum atomic E-state index is 14.5. The SMILES string of the molecule is CC(C)(C)OC(=O)N1CCC[C@@H]1C(=O)NC(c1ccc(C(F)(F)F)cc1F)C1CC1. The molecule has 0 aromatic heterocycles. The number of alkyl halides is 3. The van der Waals surface area contributed by atoms with Gasteiger partial charge in [0.1, 0.15) is 17.5 Å². The van der Waals surface area contributed by atoms with Gasteiger partial charge < -0.3 is 10.1 Å². The quantitative estimate of drug-likeness (QED) is 0.698. The van der Waals surface area contributed by atoms with Gasteiger partial charge in [-0.2, -0.15) is 13.2 Å². The zero-order chi connectivity index (χ0) is 22.3. The standard InChI is InChI=1S/C21H26F4N2O3/c1-20(2,3)30-19(29)27-10-4-5-16(27)18(28)26-17(12-6-7-12)14-9-8-13(11-15(14)22)21(23,24)25/h8-9,11-12,16-17H,4-7,10H2,1-3H3,(H,26,28)/t16-,17?/m1/s1. The Bertz CT molecular complexity index is 815. The van der Waals surface area contributed by atoms with E-state index in [0.29, 0.717) is 25.5 Å². The Morgan fingerprint density at radius 1 is 1.17 bits per heavy atom. The minimum absolute atomic E-state index is 0.0284. The van der Waals surface area contributed by atoms with Crippen LogP contribution in [0.25, 0.3) is 0 Å². The summed E-state index contributed by atoms with van der Waals surface area (Å²) in [5.41, 5.74) is -1.75. The molecular weight excluding hydrogens is 404 g/mol. The van der Waals surface area contributed by atoms with E-state index in [1.54, 1.807) is 20.8 Å². The second kappa shape index (κ2) is 8.07. The van der Waals surface area contributed by atoms with E-state index in [2.05, 4.69) is 5.32 Å². The highest BCUT2D eigenvalue weighted by atomic mass is 19.4. The summed E-state index contributed by atoms with van der Waals surface area (Å²) >= 11 is 0. The van der Waals surface area contributed by atoms with E-state index in [-0.39, 0.29) is 11.5 Å². The molecule has 2 aliphatic rings. The van der Waals surface area contributed by atoms with Gasteiger partial charge in [-0.15, -0.1) is 0 Å². The molecule has 166 valence electrons. The summed E-state index contributed by atoms with van der Waals surface area (Å²) in [4.78, 5) is 26.7. The van der Waals surface area contributed by atoms with Crippen LogP contribution >= 0.6 is 0 Å². The number of amides is 2. The summed E-state index contributed by atoms with van der Waals surface area (Å²) < 4.78 is 58.4. The fourth-order valence-electron chi connectivity index (χ4n) is 3.66. The number of carbonyl (C=O) groups is 2. The van der Waals surface area contributed by atoms with Gasteiger partial charge in [-0.3, -0.25) is 9.69 Å². The lowest BCUT2D eigenvalue weighted by molar-refractivity contribution is -0.137. The molecule has 0 spiro atoms. The molecule has 2 atom stereocenters. The molecule has 30 heavy (non-hydrogen) atoms. The molecule has 1 aliphatic carbocycles. The number of nitrogens with one attached hydrogen (secondary N) is 1. The van der Waals surface area contributed by atoms with Crippen molar-refractivity contribution in [1.82, 2.24) is 10.2 Å². The molecular formula is C21H26F4N2O3. The van der Waals surface area contributed by atoms with Crippen molar-refractivity contribution in [2.45, 2.75) is 70.3 Å². The summed E-state index contributed by atoms with van der Waals surface area (Å²) in [5.74, 6) is -1.50. The predicted octanol–water partition coefficient (Wildman–Crippen LogP) is 4.81. The molecule has 1 aliphatic heterocycles. The van der Waals surface area contributed by atoms with Gasteiger partial charge in [-0.05, 0) is 64.5 Å². The second-order valence-corrected chi connectivity index (χ2v) is 8.89. The maximum absolute atomic E-state index is 14.5.